The fraction of sp³-hybridized carbons (Fsp3) is 0.594. The summed E-state index contributed by atoms with van der Waals surface area (Å²) < 4.78 is 47.8. The van der Waals surface area contributed by atoms with Gasteiger partial charge in [-0.05, 0) is 101 Å². The van der Waals surface area contributed by atoms with E-state index in [4.69, 9.17) is 31.2 Å². The number of benzene rings is 1. The first-order valence-corrected chi connectivity index (χ1v) is 19.1. The van der Waals surface area contributed by atoms with Crippen molar-refractivity contribution in [2.45, 2.75) is 88.6 Å². The topological polar surface area (TPSA) is 284 Å². The number of amidine groups is 1. The van der Waals surface area contributed by atoms with Crippen molar-refractivity contribution in [3.05, 3.63) is 40.4 Å². The first kappa shape index (κ1) is 39.3. The normalized spacial score (nSPS) is 24.9. The zero-order valence-corrected chi connectivity index (χ0v) is 30.7. The number of anilines is 1. The second-order valence-corrected chi connectivity index (χ2v) is 15.9. The average molecular weight is 767 g/mol. The molecule has 1 aliphatic carbocycles. The Kier molecular flexibility index (Phi) is 11.8. The highest BCUT2D eigenvalue weighted by molar-refractivity contribution is 7.80. The van der Waals surface area contributed by atoms with Crippen LogP contribution >= 0.6 is 11.3 Å². The number of amides is 2. The number of nitrogens with one attached hydrogen (secondary N) is 2. The Hall–Kier alpha value is -3.92. The molecule has 286 valence electrons. The number of ether oxygens (including phenoxy) is 2. The maximum Gasteiger partial charge on any atom is 0.418 e. The van der Waals surface area contributed by atoms with E-state index >= 15 is 0 Å². The van der Waals surface area contributed by atoms with E-state index in [0.29, 0.717) is 47.9 Å². The number of nitrogens with two attached hydrogens (primary N) is 3. The van der Waals surface area contributed by atoms with Gasteiger partial charge in [-0.1, -0.05) is 0 Å². The molecule has 1 aromatic carbocycles. The first-order chi connectivity index (χ1) is 24.4. The van der Waals surface area contributed by atoms with E-state index in [2.05, 4.69) is 24.9 Å². The summed E-state index contributed by atoms with van der Waals surface area (Å²) in [5.74, 6) is -1.00. The number of β-lactam (4-membered cyclic amide) rings is 1. The van der Waals surface area contributed by atoms with Crippen LogP contribution in [-0.4, -0.2) is 94.8 Å². The number of carboxylic acids is 1. The van der Waals surface area contributed by atoms with Crippen LogP contribution < -0.4 is 32.6 Å². The molecular formula is C32H46N8O10S2. The third-order valence-corrected chi connectivity index (χ3v) is 11.1. The van der Waals surface area contributed by atoms with Gasteiger partial charge in [-0.3, -0.25) is 24.5 Å². The van der Waals surface area contributed by atoms with Gasteiger partial charge in [0.05, 0.1) is 18.0 Å². The molecule has 1 unspecified atom stereocenters. The number of hydrogen-bond acceptors (Lipinski definition) is 14. The maximum atomic E-state index is 13.5. The van der Waals surface area contributed by atoms with Crippen molar-refractivity contribution in [2.24, 2.45) is 28.3 Å². The molecule has 0 spiro atoms. The van der Waals surface area contributed by atoms with Gasteiger partial charge in [-0.15, -0.1) is 15.6 Å². The molecule has 3 aliphatic rings. The summed E-state index contributed by atoms with van der Waals surface area (Å²) in [6, 6.07) is 2.92. The summed E-state index contributed by atoms with van der Waals surface area (Å²) in [5.41, 5.74) is 16.5. The minimum Gasteiger partial charge on any atom is -0.486 e. The van der Waals surface area contributed by atoms with Crippen LogP contribution in [0.3, 0.4) is 0 Å². The predicted molar refractivity (Wildman–Crippen MR) is 189 cm³/mol. The zero-order chi connectivity index (χ0) is 38.0. The number of carbonyl (C=O) groups is 3. The molecule has 18 nitrogen and oxygen atoms in total. The summed E-state index contributed by atoms with van der Waals surface area (Å²) in [5, 5.41) is 17.7. The molecule has 4 atom stereocenters. The van der Waals surface area contributed by atoms with Gasteiger partial charge in [0.15, 0.2) is 10.7 Å². The van der Waals surface area contributed by atoms with E-state index in [1.54, 1.807) is 12.1 Å². The van der Waals surface area contributed by atoms with Crippen molar-refractivity contribution in [1.82, 2.24) is 20.7 Å². The second kappa shape index (κ2) is 15.6. The number of aromatic nitrogens is 1. The number of nitrogens with zero attached hydrogens (tertiary/aromatic N) is 3. The Morgan fingerprint density at radius 1 is 1.23 bits per heavy atom. The number of rotatable bonds is 15. The lowest BCUT2D eigenvalue weighted by Crippen LogP contribution is -2.77. The predicted octanol–water partition coefficient (Wildman–Crippen LogP) is 0.878. The molecule has 5 rings (SSSR count). The third kappa shape index (κ3) is 8.64. The molecule has 1 saturated heterocycles. The van der Waals surface area contributed by atoms with Crippen LogP contribution in [0.4, 0.5) is 5.13 Å². The number of carbonyl (C=O) groups excluding carboxylic acids is 2. The number of aliphatic imine (C=N–C) groups is 1. The smallest absolute Gasteiger partial charge is 0.418 e. The van der Waals surface area contributed by atoms with E-state index in [1.165, 1.54) is 26.2 Å². The van der Waals surface area contributed by atoms with Crippen LogP contribution in [0.2, 0.25) is 0 Å². The van der Waals surface area contributed by atoms with Gasteiger partial charge < -0.3 is 37.1 Å². The van der Waals surface area contributed by atoms with E-state index in [0.717, 1.165) is 54.7 Å². The lowest BCUT2D eigenvalue weighted by Gasteiger charge is -2.50. The molecule has 2 aromatic rings. The number of aliphatic carboxylic acids is 1. The highest BCUT2D eigenvalue weighted by Gasteiger charge is 2.58. The van der Waals surface area contributed by atoms with Gasteiger partial charge in [0, 0.05) is 17.5 Å². The summed E-state index contributed by atoms with van der Waals surface area (Å²) >= 11 is 1.05. The first-order valence-electron chi connectivity index (χ1n) is 16.9. The quantitative estimate of drug-likeness (QED) is 0.0435. The Morgan fingerprint density at radius 3 is 2.52 bits per heavy atom. The lowest BCUT2D eigenvalue weighted by molar-refractivity contribution is -0.218. The number of carboxylic acid groups (broad SMARTS) is 1. The van der Waals surface area contributed by atoms with Crippen molar-refractivity contribution in [3.8, 4) is 5.75 Å². The lowest BCUT2D eigenvalue weighted by atomic mass is 9.82. The number of nitrogen functional groups attached to an aromatic ring is 1. The van der Waals surface area contributed by atoms with Crippen LogP contribution in [0.5, 0.6) is 5.75 Å². The molecule has 1 saturated carbocycles. The minimum atomic E-state index is -5.00. The van der Waals surface area contributed by atoms with Crippen LogP contribution in [0.1, 0.15) is 75.7 Å². The zero-order valence-electron chi connectivity index (χ0n) is 29.1. The van der Waals surface area contributed by atoms with E-state index < -0.39 is 64.2 Å². The van der Waals surface area contributed by atoms with E-state index in [9.17, 15) is 27.9 Å². The molecule has 10 N–H and O–H groups in total. The molecule has 20 heteroatoms. The van der Waals surface area contributed by atoms with Crippen molar-refractivity contribution >= 4 is 50.5 Å². The molecule has 2 fully saturated rings. The standard InChI is InChI=1S/C32H46N8O10S2/c1-31(2)25(28(42)40(31)50-52(45,46)47)39-27(41)24(21-15-51-30(35)38-21)37-16-48-32(3,29(43)44)23-11-9-19-12-20(8-10-22(19)49-23)26(34)36-14-18-6-4-17(13-33)5-7-18/h8,10,12,15,17-18,23-25,37H,4-7,9,11,13-14,16,33H2,1-3H3,(H2,34,36)(H2,35,38)(H,39,41)(H,43,44)(H,45,46,47)/t17?,18?,23-,24?,25-,32+/m1/s1. The second-order valence-electron chi connectivity index (χ2n) is 14.0. The van der Waals surface area contributed by atoms with Crippen molar-refractivity contribution in [3.63, 3.8) is 0 Å². The number of hydrogen-bond donors (Lipinski definition) is 7. The van der Waals surface area contributed by atoms with E-state index in [-0.39, 0.29) is 10.8 Å². The number of hydroxylamine groups is 2. The van der Waals surface area contributed by atoms with Crippen LogP contribution in [0.15, 0.2) is 28.6 Å². The molecule has 0 radical (unpaired) electrons. The molecule has 2 amide bonds. The minimum absolute atomic E-state index is 0.148. The summed E-state index contributed by atoms with van der Waals surface area (Å²) in [7, 11) is -5.00. The van der Waals surface area contributed by atoms with E-state index in [1.807, 2.05) is 6.07 Å². The fourth-order valence-corrected chi connectivity index (χ4v) is 7.72. The van der Waals surface area contributed by atoms with Gasteiger partial charge in [0.1, 0.15) is 29.8 Å². The monoisotopic (exact) mass is 766 g/mol. The number of aryl methyl sites for hydroxylation is 1. The molecule has 1 aromatic heterocycles. The number of fused-ring (bicyclic) bond motifs is 1. The highest BCUT2D eigenvalue weighted by Crippen LogP contribution is 2.36. The Morgan fingerprint density at radius 2 is 1.92 bits per heavy atom. The van der Waals surface area contributed by atoms with Gasteiger partial charge in [0.2, 0.25) is 5.91 Å². The largest absolute Gasteiger partial charge is 0.486 e. The molecular weight excluding hydrogens is 721 g/mol. The van der Waals surface area contributed by atoms with Gasteiger partial charge in [0.25, 0.3) is 5.91 Å². The molecule has 0 bridgehead atoms. The van der Waals surface area contributed by atoms with Crippen molar-refractivity contribution in [1.29, 1.82) is 0 Å². The highest BCUT2D eigenvalue weighted by atomic mass is 32.3. The van der Waals surface area contributed by atoms with Crippen molar-refractivity contribution < 1.29 is 46.2 Å². The third-order valence-electron chi connectivity index (χ3n) is 10.0. The molecule has 52 heavy (non-hydrogen) atoms. The number of thiazole rings is 1. The fourth-order valence-electron chi connectivity index (χ4n) is 6.68. The SMILES string of the molecule is CC1(C)[C@H](NC(=O)C(NCO[C@](C)(C(=O)O)[C@H]2CCc3cc(C(N)=NCC4CCC(CN)CC4)ccc3O2)c2csc(N)n2)C(=O)N1OS(=O)(=O)O. The summed E-state index contributed by atoms with van der Waals surface area (Å²) in [6.07, 6.45) is 4.26. The average Bonchev–Trinajstić information content (AvgIpc) is 3.54. The Balaban J connectivity index is 1.22. The van der Waals surface area contributed by atoms with Gasteiger partial charge in [-0.2, -0.15) is 13.5 Å². The van der Waals surface area contributed by atoms with Crippen molar-refractivity contribution in [2.75, 3.05) is 25.6 Å². The van der Waals surface area contributed by atoms with Gasteiger partial charge in [-0.25, -0.2) is 9.78 Å². The van der Waals surface area contributed by atoms with Crippen LogP contribution in [-0.2, 0) is 40.2 Å². The maximum absolute atomic E-state index is 13.5. The Labute approximate surface area is 305 Å². The molecule has 2 aliphatic heterocycles. The van der Waals surface area contributed by atoms with Gasteiger partial charge >= 0.3 is 16.4 Å². The van der Waals surface area contributed by atoms with Crippen LogP contribution in [0.25, 0.3) is 0 Å². The summed E-state index contributed by atoms with van der Waals surface area (Å²) in [6.45, 7) is 5.11. The molecule has 3 heterocycles. The Bertz CT molecular complexity index is 1800. The van der Waals surface area contributed by atoms with Crippen LogP contribution in [0, 0.1) is 11.8 Å². The summed E-state index contributed by atoms with van der Waals surface area (Å²) in [4.78, 5) is 47.6.